The summed E-state index contributed by atoms with van der Waals surface area (Å²) in [6.07, 6.45) is 1.21. The monoisotopic (exact) mass is 338 g/mol. The molecule has 1 fully saturated rings. The molecule has 1 amide bonds. The van der Waals surface area contributed by atoms with Crippen LogP contribution in [0.3, 0.4) is 0 Å². The van der Waals surface area contributed by atoms with Crippen molar-refractivity contribution in [2.24, 2.45) is 11.8 Å². The minimum absolute atomic E-state index is 0.164. The van der Waals surface area contributed by atoms with Crippen molar-refractivity contribution in [3.63, 3.8) is 0 Å². The number of amides is 1. The first kappa shape index (κ1) is 15.6. The van der Waals surface area contributed by atoms with Gasteiger partial charge in [-0.3, -0.25) is 4.79 Å². The van der Waals surface area contributed by atoms with Crippen LogP contribution in [0.2, 0.25) is 0 Å². The summed E-state index contributed by atoms with van der Waals surface area (Å²) in [5, 5.41) is 2.20. The Morgan fingerprint density at radius 1 is 1.12 bits per heavy atom. The second-order valence-electron chi connectivity index (χ2n) is 7.35. The minimum Gasteiger partial charge on any atom is -0.337 e. The molecule has 0 unspecified atom stereocenters. The molecule has 0 spiro atoms. The highest BCUT2D eigenvalue weighted by Gasteiger charge is 2.27. The lowest BCUT2D eigenvalue weighted by atomic mass is 9.92. The number of rotatable bonds is 1. The van der Waals surface area contributed by atoms with Crippen molar-refractivity contribution in [1.82, 2.24) is 9.88 Å². The predicted molar refractivity (Wildman–Crippen MR) is 101 cm³/mol. The topological polar surface area (TPSA) is 33.2 Å². The molecule has 4 rings (SSSR count). The minimum atomic E-state index is 0.164. The van der Waals surface area contributed by atoms with Crippen LogP contribution in [0.15, 0.2) is 30.3 Å². The molecule has 124 valence electrons. The molecule has 3 aromatic rings. The molecule has 3 nitrogen and oxygen atoms in total. The third-order valence-corrected chi connectivity index (χ3v) is 5.86. The zero-order chi connectivity index (χ0) is 16.8. The second-order valence-corrected chi connectivity index (χ2v) is 8.38. The predicted octanol–water partition coefficient (Wildman–Crippen LogP) is 4.88. The van der Waals surface area contributed by atoms with E-state index in [1.54, 1.807) is 0 Å². The summed E-state index contributed by atoms with van der Waals surface area (Å²) in [5.74, 6) is 1.32. The Hall–Kier alpha value is -1.94. The molecule has 24 heavy (non-hydrogen) atoms. The number of aromatic nitrogens is 1. The van der Waals surface area contributed by atoms with Crippen LogP contribution in [-0.2, 0) is 0 Å². The van der Waals surface area contributed by atoms with E-state index in [0.29, 0.717) is 11.8 Å². The maximum absolute atomic E-state index is 12.9. The van der Waals surface area contributed by atoms with E-state index >= 15 is 0 Å². The van der Waals surface area contributed by atoms with Crippen LogP contribution >= 0.6 is 11.3 Å². The Balaban J connectivity index is 1.71. The van der Waals surface area contributed by atoms with Crippen molar-refractivity contribution in [1.29, 1.82) is 0 Å². The van der Waals surface area contributed by atoms with E-state index in [4.69, 9.17) is 4.98 Å². The van der Waals surface area contributed by atoms with E-state index in [1.165, 1.54) is 23.3 Å². The number of piperidine rings is 1. The lowest BCUT2D eigenvalue weighted by Crippen LogP contribution is -2.42. The van der Waals surface area contributed by atoms with E-state index in [9.17, 15) is 4.79 Å². The highest BCUT2D eigenvalue weighted by molar-refractivity contribution is 7.20. The summed E-state index contributed by atoms with van der Waals surface area (Å²) in [6, 6.07) is 10.5. The molecule has 0 N–H and O–H groups in total. The number of hydrogen-bond acceptors (Lipinski definition) is 3. The average Bonchev–Trinajstić information content (AvgIpc) is 2.93. The van der Waals surface area contributed by atoms with Gasteiger partial charge in [0.05, 0.1) is 10.4 Å². The molecule has 2 atom stereocenters. The first-order chi connectivity index (χ1) is 11.5. The van der Waals surface area contributed by atoms with Gasteiger partial charge in [0.2, 0.25) is 0 Å². The number of benzene rings is 1. The molecule has 4 heteroatoms. The number of thiophene rings is 1. The Kier molecular flexibility index (Phi) is 3.80. The van der Waals surface area contributed by atoms with Crippen molar-refractivity contribution in [2.75, 3.05) is 13.1 Å². The molecule has 1 aromatic carbocycles. The van der Waals surface area contributed by atoms with E-state index in [0.717, 1.165) is 39.1 Å². The summed E-state index contributed by atoms with van der Waals surface area (Å²) >= 11 is 1.52. The van der Waals surface area contributed by atoms with Crippen molar-refractivity contribution in [2.45, 2.75) is 27.2 Å². The van der Waals surface area contributed by atoms with Crippen LogP contribution in [0, 0.1) is 18.8 Å². The van der Waals surface area contributed by atoms with Gasteiger partial charge in [0.15, 0.2) is 0 Å². The zero-order valence-corrected chi connectivity index (χ0v) is 15.2. The summed E-state index contributed by atoms with van der Waals surface area (Å²) in [6.45, 7) is 8.28. The fourth-order valence-corrected chi connectivity index (χ4v) is 4.82. The summed E-state index contributed by atoms with van der Waals surface area (Å²) in [7, 11) is 0. The summed E-state index contributed by atoms with van der Waals surface area (Å²) in [5.41, 5.74) is 2.21. The van der Waals surface area contributed by atoms with E-state index in [-0.39, 0.29) is 5.91 Å². The maximum atomic E-state index is 12.9. The summed E-state index contributed by atoms with van der Waals surface area (Å²) < 4.78 is 0. The normalized spacial score (nSPS) is 21.5. The van der Waals surface area contributed by atoms with Crippen LogP contribution in [-0.4, -0.2) is 28.9 Å². The number of aryl methyl sites for hydroxylation is 1. The molecule has 3 heterocycles. The van der Waals surface area contributed by atoms with Crippen molar-refractivity contribution in [3.05, 3.63) is 40.8 Å². The van der Waals surface area contributed by atoms with Gasteiger partial charge < -0.3 is 4.90 Å². The van der Waals surface area contributed by atoms with Gasteiger partial charge >= 0.3 is 0 Å². The quantitative estimate of drug-likeness (QED) is 0.634. The zero-order valence-electron chi connectivity index (χ0n) is 14.4. The Labute approximate surface area is 146 Å². The highest BCUT2D eigenvalue weighted by Crippen LogP contribution is 2.30. The third-order valence-electron chi connectivity index (χ3n) is 4.83. The van der Waals surface area contributed by atoms with E-state index in [2.05, 4.69) is 45.0 Å². The van der Waals surface area contributed by atoms with E-state index in [1.807, 2.05) is 11.0 Å². The highest BCUT2D eigenvalue weighted by atomic mass is 32.1. The molecule has 2 aromatic heterocycles. The Bertz CT molecular complexity index is 920. The molecule has 1 aliphatic heterocycles. The Morgan fingerprint density at radius 2 is 1.88 bits per heavy atom. The SMILES string of the molecule is Cc1ccc2cc3cc(C(=O)N4C[C@H](C)C[C@H](C)C4)sc3nc2c1. The lowest BCUT2D eigenvalue weighted by Gasteiger charge is -2.34. The molecule has 0 aliphatic carbocycles. The van der Waals surface area contributed by atoms with Crippen LogP contribution in [0.4, 0.5) is 0 Å². The first-order valence-electron chi connectivity index (χ1n) is 8.60. The third kappa shape index (κ3) is 2.80. The van der Waals surface area contributed by atoms with Gasteiger partial charge in [-0.2, -0.15) is 0 Å². The maximum Gasteiger partial charge on any atom is 0.264 e. The van der Waals surface area contributed by atoms with E-state index < -0.39 is 0 Å². The molecular formula is C20H22N2OS. The fraction of sp³-hybridized carbons (Fsp3) is 0.400. The molecule has 1 aliphatic rings. The number of fused-ring (bicyclic) bond motifs is 2. The lowest BCUT2D eigenvalue weighted by molar-refractivity contribution is 0.0628. The molecule has 0 radical (unpaired) electrons. The molecule has 0 bridgehead atoms. The number of carbonyl (C=O) groups excluding carboxylic acids is 1. The standard InChI is InChI=1S/C20H22N2OS/c1-12-4-5-15-8-16-9-18(24-19(16)21-17(15)7-12)20(23)22-10-13(2)6-14(3)11-22/h4-5,7-9,13-14H,6,10-11H2,1-3H3/t13-,14+. The second kappa shape index (κ2) is 5.85. The summed E-state index contributed by atoms with van der Waals surface area (Å²) in [4.78, 5) is 21.5. The first-order valence-corrected chi connectivity index (χ1v) is 9.41. The largest absolute Gasteiger partial charge is 0.337 e. The number of pyridine rings is 1. The van der Waals surface area contributed by atoms with Gasteiger partial charge in [-0.1, -0.05) is 26.0 Å². The van der Waals surface area contributed by atoms with Gasteiger partial charge in [0.1, 0.15) is 4.83 Å². The van der Waals surface area contributed by atoms with Crippen molar-refractivity contribution < 1.29 is 4.79 Å². The van der Waals surface area contributed by atoms with Crippen LogP contribution < -0.4 is 0 Å². The number of nitrogens with zero attached hydrogens (tertiary/aromatic N) is 2. The van der Waals surface area contributed by atoms with Gasteiger partial charge in [-0.05, 0) is 48.9 Å². The fourth-order valence-electron chi connectivity index (χ4n) is 3.83. The van der Waals surface area contributed by atoms with Gasteiger partial charge in [-0.15, -0.1) is 11.3 Å². The number of carbonyl (C=O) groups is 1. The van der Waals surface area contributed by atoms with Gasteiger partial charge in [-0.25, -0.2) is 4.98 Å². The number of likely N-dealkylation sites (tertiary alicyclic amines) is 1. The molecule has 1 saturated heterocycles. The van der Waals surface area contributed by atoms with Crippen LogP contribution in [0.25, 0.3) is 21.1 Å². The van der Waals surface area contributed by atoms with Crippen LogP contribution in [0.5, 0.6) is 0 Å². The van der Waals surface area contributed by atoms with Crippen LogP contribution in [0.1, 0.15) is 35.5 Å². The molecular weight excluding hydrogens is 316 g/mol. The van der Waals surface area contributed by atoms with Crippen molar-refractivity contribution in [3.8, 4) is 0 Å². The average molecular weight is 338 g/mol. The smallest absolute Gasteiger partial charge is 0.264 e. The van der Waals surface area contributed by atoms with Gasteiger partial charge in [0, 0.05) is 23.9 Å². The van der Waals surface area contributed by atoms with Gasteiger partial charge in [0.25, 0.3) is 5.91 Å². The number of hydrogen-bond donors (Lipinski definition) is 0. The van der Waals surface area contributed by atoms with Crippen molar-refractivity contribution >= 4 is 38.4 Å². The molecule has 0 saturated carbocycles. The Morgan fingerprint density at radius 3 is 2.62 bits per heavy atom.